The van der Waals surface area contributed by atoms with Gasteiger partial charge >= 0.3 is 39.5 Å². The highest BCUT2D eigenvalue weighted by Gasteiger charge is 2.30. The van der Waals surface area contributed by atoms with Gasteiger partial charge in [0.25, 0.3) is 0 Å². The summed E-state index contributed by atoms with van der Waals surface area (Å²) in [4.78, 5) is 72.9. The Hall–Kier alpha value is -3.24. The Morgan fingerprint density at radius 3 is 0.827 bits per heavy atom. The number of phosphoric ester groups is 2. The molecule has 0 saturated heterocycles. The van der Waals surface area contributed by atoms with Gasteiger partial charge in [0, 0.05) is 25.7 Å². The Morgan fingerprint density at radius 2 is 0.531 bits per heavy atom. The molecule has 0 aliphatic carbocycles. The Balaban J connectivity index is 5.34. The van der Waals surface area contributed by atoms with Crippen LogP contribution in [-0.2, 0) is 65.4 Å². The Morgan fingerprint density at radius 1 is 0.296 bits per heavy atom. The molecular formula is C79H144O17P2. The number of ether oxygens (including phenoxy) is 4. The third-order valence-corrected chi connectivity index (χ3v) is 18.9. The Bertz CT molecular complexity index is 2100. The molecule has 98 heavy (non-hydrogen) atoms. The van der Waals surface area contributed by atoms with Crippen LogP contribution in [0.15, 0.2) is 60.8 Å². The standard InChI is InChI=1S/C79H144O17P2/c1-5-9-13-17-21-25-29-33-36-40-43-47-51-55-59-63-76(81)89-69-74(95-78(83)65-61-57-53-49-45-39-32-28-24-20-16-12-8-4)71-93-97(85,86)91-67-73(80)68-92-98(87,88)94-72-75(96-79(84)66-62-58-54-50-46-42-38-35-31-27-23-19-15-11-7-3)70-90-77(82)64-60-56-52-48-44-41-37-34-30-26-22-18-14-10-6-2/h9,13,21,25,33-38,73-75,80H,5-8,10-12,14-20,22-24,26-32,39-72H2,1-4H3,(H,85,86)(H,87,88)/b13-9-,25-21-,36-33-,37-34-,38-35-. The second kappa shape index (κ2) is 72.1. The summed E-state index contributed by atoms with van der Waals surface area (Å²) in [6.07, 6.45) is 70.5. The highest BCUT2D eigenvalue weighted by Crippen LogP contribution is 2.45. The van der Waals surface area contributed by atoms with E-state index in [1.807, 2.05) is 0 Å². The van der Waals surface area contributed by atoms with Crippen molar-refractivity contribution in [3.63, 3.8) is 0 Å². The number of unbranched alkanes of at least 4 members (excludes halogenated alkanes) is 39. The zero-order valence-corrected chi connectivity index (χ0v) is 64.3. The maximum Gasteiger partial charge on any atom is 0.472 e. The first-order valence-corrected chi connectivity index (χ1v) is 42.5. The highest BCUT2D eigenvalue weighted by molar-refractivity contribution is 7.47. The van der Waals surface area contributed by atoms with E-state index in [2.05, 4.69) is 88.5 Å². The topological polar surface area (TPSA) is 237 Å². The number of rotatable bonds is 75. The predicted molar refractivity (Wildman–Crippen MR) is 400 cm³/mol. The summed E-state index contributed by atoms with van der Waals surface area (Å²) < 4.78 is 68.5. The van der Waals surface area contributed by atoms with Crippen LogP contribution in [0.2, 0.25) is 0 Å². The summed E-state index contributed by atoms with van der Waals surface area (Å²) in [5.74, 6) is -2.18. The molecule has 0 aliphatic heterocycles. The number of esters is 4. The first kappa shape index (κ1) is 94.8. The molecule has 0 heterocycles. The van der Waals surface area contributed by atoms with E-state index < -0.39 is 97.5 Å². The van der Waals surface area contributed by atoms with E-state index in [0.29, 0.717) is 25.7 Å². The fourth-order valence-electron chi connectivity index (χ4n) is 10.9. The SMILES string of the molecule is CC/C=C\C/C=C\C/C=C\CCCCCCCC(=O)OCC(COP(=O)(O)OCC(O)COP(=O)(O)OCC(COC(=O)CCCCCCC/C=C\CCCCCCCC)OC(=O)CCCCCCC/C=C\CCCCCCCC)OC(=O)CCCCCCCCCCCCCCC. The van der Waals surface area contributed by atoms with Crippen molar-refractivity contribution in [3.05, 3.63) is 60.8 Å². The number of carbonyl (C=O) groups is 4. The Labute approximate surface area is 597 Å². The van der Waals surface area contributed by atoms with Crippen LogP contribution in [0.5, 0.6) is 0 Å². The largest absolute Gasteiger partial charge is 0.472 e. The van der Waals surface area contributed by atoms with Crippen molar-refractivity contribution in [1.29, 1.82) is 0 Å². The fourth-order valence-corrected chi connectivity index (χ4v) is 12.5. The van der Waals surface area contributed by atoms with Crippen molar-refractivity contribution in [2.45, 2.75) is 380 Å². The first-order valence-electron chi connectivity index (χ1n) is 39.5. The number of allylic oxidation sites excluding steroid dienone is 10. The van der Waals surface area contributed by atoms with E-state index in [1.165, 1.54) is 128 Å². The predicted octanol–water partition coefficient (Wildman–Crippen LogP) is 22.7. The van der Waals surface area contributed by atoms with Gasteiger partial charge in [0.1, 0.15) is 19.3 Å². The molecule has 0 aromatic heterocycles. The molecular weight excluding hydrogens is 1280 g/mol. The lowest BCUT2D eigenvalue weighted by atomic mass is 10.0. The van der Waals surface area contributed by atoms with Gasteiger partial charge in [-0.1, -0.05) is 288 Å². The molecule has 0 aromatic rings. The number of aliphatic hydroxyl groups excluding tert-OH is 1. The number of carbonyl (C=O) groups excluding carboxylic acids is 4. The number of hydrogen-bond donors (Lipinski definition) is 3. The van der Waals surface area contributed by atoms with Gasteiger partial charge in [-0.05, 0) is 109 Å². The average molecular weight is 1430 g/mol. The van der Waals surface area contributed by atoms with Crippen molar-refractivity contribution in [3.8, 4) is 0 Å². The molecule has 0 amide bonds. The minimum absolute atomic E-state index is 0.0878. The van der Waals surface area contributed by atoms with Crippen molar-refractivity contribution in [2.75, 3.05) is 39.6 Å². The lowest BCUT2D eigenvalue weighted by Gasteiger charge is -2.21. The molecule has 0 bridgehead atoms. The molecule has 0 radical (unpaired) electrons. The molecule has 0 fully saturated rings. The van der Waals surface area contributed by atoms with Gasteiger partial charge < -0.3 is 33.8 Å². The summed E-state index contributed by atoms with van der Waals surface area (Å²) in [5.41, 5.74) is 0. The molecule has 0 saturated carbocycles. The Kier molecular flexibility index (Phi) is 69.7. The second-order valence-electron chi connectivity index (χ2n) is 26.6. The van der Waals surface area contributed by atoms with Gasteiger partial charge in [0.2, 0.25) is 0 Å². The van der Waals surface area contributed by atoms with Crippen LogP contribution in [-0.4, -0.2) is 96.7 Å². The van der Waals surface area contributed by atoms with E-state index in [4.69, 9.17) is 37.0 Å². The van der Waals surface area contributed by atoms with Crippen LogP contribution in [0.4, 0.5) is 0 Å². The van der Waals surface area contributed by atoms with E-state index >= 15 is 0 Å². The van der Waals surface area contributed by atoms with Crippen LogP contribution < -0.4 is 0 Å². The molecule has 3 N–H and O–H groups in total. The van der Waals surface area contributed by atoms with Crippen LogP contribution >= 0.6 is 15.6 Å². The summed E-state index contributed by atoms with van der Waals surface area (Å²) in [6.45, 7) is 4.78. The molecule has 572 valence electrons. The zero-order chi connectivity index (χ0) is 71.8. The number of hydrogen-bond acceptors (Lipinski definition) is 15. The normalized spacial score (nSPS) is 14.2. The van der Waals surface area contributed by atoms with Crippen molar-refractivity contribution >= 4 is 39.5 Å². The molecule has 0 rings (SSSR count). The number of phosphoric acid groups is 2. The maximum absolute atomic E-state index is 13.1. The third kappa shape index (κ3) is 71.2. The van der Waals surface area contributed by atoms with E-state index in [1.54, 1.807) is 0 Å². The smallest absolute Gasteiger partial charge is 0.462 e. The summed E-state index contributed by atoms with van der Waals surface area (Å²) >= 11 is 0. The molecule has 5 unspecified atom stereocenters. The number of aliphatic hydroxyl groups is 1. The fraction of sp³-hybridized carbons (Fsp3) is 0.823. The van der Waals surface area contributed by atoms with Crippen molar-refractivity contribution < 1.29 is 80.2 Å². The summed E-state index contributed by atoms with van der Waals surface area (Å²) in [6, 6.07) is 0. The quantitative estimate of drug-likeness (QED) is 0.0169. The van der Waals surface area contributed by atoms with Crippen molar-refractivity contribution in [1.82, 2.24) is 0 Å². The van der Waals surface area contributed by atoms with Crippen LogP contribution in [0.25, 0.3) is 0 Å². The minimum atomic E-state index is -4.97. The van der Waals surface area contributed by atoms with Gasteiger partial charge in [0.15, 0.2) is 12.2 Å². The first-order chi connectivity index (χ1) is 47.7. The zero-order valence-electron chi connectivity index (χ0n) is 62.5. The third-order valence-electron chi connectivity index (χ3n) is 17.0. The van der Waals surface area contributed by atoms with Gasteiger partial charge in [0.05, 0.1) is 26.4 Å². The van der Waals surface area contributed by atoms with E-state index in [9.17, 15) is 43.2 Å². The molecule has 0 spiro atoms. The minimum Gasteiger partial charge on any atom is -0.462 e. The highest BCUT2D eigenvalue weighted by atomic mass is 31.2. The van der Waals surface area contributed by atoms with Crippen molar-refractivity contribution in [2.24, 2.45) is 0 Å². The second-order valence-corrected chi connectivity index (χ2v) is 29.5. The molecule has 19 heteroatoms. The van der Waals surface area contributed by atoms with Gasteiger partial charge in [-0.3, -0.25) is 37.3 Å². The average Bonchev–Trinajstić information content (AvgIpc) is 0.959. The van der Waals surface area contributed by atoms with Crippen LogP contribution in [0.1, 0.15) is 362 Å². The molecule has 17 nitrogen and oxygen atoms in total. The monoisotopic (exact) mass is 1430 g/mol. The van der Waals surface area contributed by atoms with Gasteiger partial charge in [-0.15, -0.1) is 0 Å². The summed E-state index contributed by atoms with van der Waals surface area (Å²) in [5, 5.41) is 10.6. The van der Waals surface area contributed by atoms with E-state index in [0.717, 1.165) is 154 Å². The lowest BCUT2D eigenvalue weighted by Crippen LogP contribution is -2.30. The van der Waals surface area contributed by atoms with E-state index in [-0.39, 0.29) is 25.7 Å². The summed E-state index contributed by atoms with van der Waals surface area (Å²) in [7, 11) is -9.94. The lowest BCUT2D eigenvalue weighted by molar-refractivity contribution is -0.161. The molecule has 0 aliphatic rings. The van der Waals surface area contributed by atoms with Crippen LogP contribution in [0, 0.1) is 0 Å². The molecule has 0 aromatic carbocycles. The maximum atomic E-state index is 13.1. The van der Waals surface area contributed by atoms with Gasteiger partial charge in [-0.2, -0.15) is 0 Å². The van der Waals surface area contributed by atoms with Crippen LogP contribution in [0.3, 0.4) is 0 Å². The molecule has 5 atom stereocenters. The van der Waals surface area contributed by atoms with Gasteiger partial charge in [-0.25, -0.2) is 9.13 Å².